The summed E-state index contributed by atoms with van der Waals surface area (Å²) in [5, 5.41) is 15.0. The first kappa shape index (κ1) is 28.8. The van der Waals surface area contributed by atoms with Crippen LogP contribution in [0.2, 0.25) is 0 Å². The van der Waals surface area contributed by atoms with Gasteiger partial charge in [0.05, 0.1) is 25.8 Å². The van der Waals surface area contributed by atoms with Crippen molar-refractivity contribution in [2.75, 3.05) is 7.11 Å². The number of benzene rings is 3. The van der Waals surface area contributed by atoms with Crippen LogP contribution >= 0.6 is 0 Å². The molecule has 0 aliphatic carbocycles. The van der Waals surface area contributed by atoms with Gasteiger partial charge in [-0.2, -0.15) is 10.1 Å². The molecule has 1 heterocycles. The number of carbonyl (C=O) groups is 4. The van der Waals surface area contributed by atoms with Gasteiger partial charge in [-0.15, -0.1) is 0 Å². The molecule has 41 heavy (non-hydrogen) atoms. The molecule has 0 aromatic heterocycles. The zero-order valence-electron chi connectivity index (χ0n) is 22.9. The van der Waals surface area contributed by atoms with Gasteiger partial charge in [-0.1, -0.05) is 66.7 Å². The Bertz CT molecular complexity index is 1480. The highest BCUT2D eigenvalue weighted by Crippen LogP contribution is 2.42. The maximum atomic E-state index is 14.4. The van der Waals surface area contributed by atoms with Crippen molar-refractivity contribution in [1.82, 2.24) is 14.9 Å². The normalized spacial score (nSPS) is 17.6. The zero-order chi connectivity index (χ0) is 29.7. The van der Waals surface area contributed by atoms with Gasteiger partial charge in [-0.25, -0.2) is 9.80 Å². The molecule has 4 amide bonds. The van der Waals surface area contributed by atoms with Crippen LogP contribution in [0.4, 0.5) is 4.79 Å². The average Bonchev–Trinajstić information content (AvgIpc) is 3.14. The smallest absolute Gasteiger partial charge is 0.347 e. The van der Waals surface area contributed by atoms with E-state index in [2.05, 4.69) is 5.10 Å². The summed E-state index contributed by atoms with van der Waals surface area (Å²) in [5.41, 5.74) is 0.784. The topological polar surface area (TPSA) is 146 Å². The van der Waals surface area contributed by atoms with E-state index < -0.39 is 41.8 Å². The highest BCUT2D eigenvalue weighted by molar-refractivity contribution is 6.08. The number of carbonyl (C=O) groups excluding carboxylic acids is 3. The summed E-state index contributed by atoms with van der Waals surface area (Å²) < 4.78 is 5.30. The minimum Gasteiger partial charge on any atom is -0.497 e. The minimum absolute atomic E-state index is 0.0545. The van der Waals surface area contributed by atoms with Crippen molar-refractivity contribution in [2.24, 2.45) is 10.9 Å². The molecule has 4 rings (SSSR count). The lowest BCUT2D eigenvalue weighted by Gasteiger charge is -2.35. The first-order valence-corrected chi connectivity index (χ1v) is 12.8. The Morgan fingerprint density at radius 3 is 2.34 bits per heavy atom. The molecule has 212 valence electrons. The Morgan fingerprint density at radius 2 is 1.76 bits per heavy atom. The number of rotatable bonds is 10. The fourth-order valence-electron chi connectivity index (χ4n) is 5.01. The first-order chi connectivity index (χ1) is 19.6. The number of urea groups is 1. The van der Waals surface area contributed by atoms with Gasteiger partial charge in [-0.05, 0) is 41.3 Å². The number of nitrogens with zero attached hydrogens (tertiary/aromatic N) is 4. The molecule has 3 aromatic carbocycles. The molecule has 0 bridgehead atoms. The molecular formula is C30H31N5O6. The molecule has 1 fully saturated rings. The van der Waals surface area contributed by atoms with Crippen molar-refractivity contribution in [3.05, 3.63) is 101 Å². The predicted octanol–water partition coefficient (Wildman–Crippen LogP) is 3.65. The van der Waals surface area contributed by atoms with Gasteiger partial charge in [0.25, 0.3) is 5.91 Å². The van der Waals surface area contributed by atoms with Crippen LogP contribution in [0.5, 0.6) is 5.75 Å². The number of carboxylic acid groups (broad SMARTS) is 1. The van der Waals surface area contributed by atoms with Crippen molar-refractivity contribution in [1.29, 1.82) is 0 Å². The zero-order valence-corrected chi connectivity index (χ0v) is 22.9. The second-order valence-electron chi connectivity index (χ2n) is 9.70. The van der Waals surface area contributed by atoms with E-state index in [-0.39, 0.29) is 6.54 Å². The van der Waals surface area contributed by atoms with Crippen molar-refractivity contribution < 1.29 is 29.0 Å². The van der Waals surface area contributed by atoms with E-state index in [4.69, 9.17) is 10.6 Å². The van der Waals surface area contributed by atoms with Gasteiger partial charge in [0.1, 0.15) is 11.3 Å². The van der Waals surface area contributed by atoms with Crippen LogP contribution in [0, 0.1) is 0 Å². The molecule has 3 aromatic rings. The van der Waals surface area contributed by atoms with Crippen LogP contribution in [-0.2, 0) is 26.5 Å². The van der Waals surface area contributed by atoms with Gasteiger partial charge in [0.15, 0.2) is 0 Å². The second-order valence-corrected chi connectivity index (χ2v) is 9.70. The lowest BCUT2D eigenvalue weighted by atomic mass is 9.89. The molecule has 0 saturated carbocycles. The maximum absolute atomic E-state index is 14.4. The third kappa shape index (κ3) is 5.60. The molecule has 0 spiro atoms. The van der Waals surface area contributed by atoms with Crippen molar-refractivity contribution in [3.8, 4) is 5.75 Å². The van der Waals surface area contributed by atoms with Gasteiger partial charge in [0.2, 0.25) is 5.91 Å². The largest absolute Gasteiger partial charge is 0.497 e. The summed E-state index contributed by atoms with van der Waals surface area (Å²) in [4.78, 5) is 55.2. The summed E-state index contributed by atoms with van der Waals surface area (Å²) in [6.07, 6.45) is 0.885. The number of imide groups is 1. The predicted molar refractivity (Wildman–Crippen MR) is 150 cm³/mol. The Balaban J connectivity index is 1.87. The molecular weight excluding hydrogens is 526 g/mol. The summed E-state index contributed by atoms with van der Waals surface area (Å²) in [5.74, 6) is 3.10. The third-order valence-corrected chi connectivity index (χ3v) is 7.12. The first-order valence-electron chi connectivity index (χ1n) is 12.8. The van der Waals surface area contributed by atoms with Crippen LogP contribution in [-0.4, -0.2) is 57.2 Å². The average molecular weight is 558 g/mol. The van der Waals surface area contributed by atoms with Crippen LogP contribution in [0.15, 0.2) is 84.0 Å². The van der Waals surface area contributed by atoms with Crippen LogP contribution in [0.1, 0.15) is 48.6 Å². The number of ether oxygens (including phenoxy) is 1. The van der Waals surface area contributed by atoms with Gasteiger partial charge in [-0.3, -0.25) is 19.3 Å². The number of methoxy groups -OCH3 is 1. The van der Waals surface area contributed by atoms with E-state index in [0.29, 0.717) is 22.4 Å². The fourth-order valence-corrected chi connectivity index (χ4v) is 5.01. The molecule has 0 radical (unpaired) electrons. The molecule has 1 aliphatic rings. The summed E-state index contributed by atoms with van der Waals surface area (Å²) in [7, 11) is 1.46. The number of carboxylic acids is 1. The maximum Gasteiger partial charge on any atom is 0.347 e. The monoisotopic (exact) mass is 557 g/mol. The molecule has 11 heteroatoms. The van der Waals surface area contributed by atoms with Crippen LogP contribution < -0.4 is 10.6 Å². The molecule has 11 nitrogen and oxygen atoms in total. The van der Waals surface area contributed by atoms with E-state index in [1.54, 1.807) is 55.5 Å². The molecule has 3 N–H and O–H groups in total. The van der Waals surface area contributed by atoms with Crippen molar-refractivity contribution in [2.45, 2.75) is 38.4 Å². The van der Waals surface area contributed by atoms with Crippen LogP contribution in [0.25, 0.3) is 0 Å². The minimum atomic E-state index is -1.54. The lowest BCUT2D eigenvalue weighted by molar-refractivity contribution is -0.162. The number of hydrogen-bond donors (Lipinski definition) is 2. The number of hydrazine groups is 1. The molecule has 0 unspecified atom stereocenters. The number of hydrazone groups is 1. The van der Waals surface area contributed by atoms with E-state index in [1.807, 2.05) is 30.3 Å². The number of hydrogen-bond acceptors (Lipinski definition) is 7. The Morgan fingerprint density at radius 1 is 1.07 bits per heavy atom. The van der Waals surface area contributed by atoms with Gasteiger partial charge in [0, 0.05) is 13.5 Å². The SMILES string of the molecule is COc1cccc([C@@H](CC(=O)O)N(C(C)=O)N2C(=O)N(Cc3ccccc3)[C@](C)(c3ccc(C=NN)cc3)C2=O)c1. The Labute approximate surface area is 237 Å². The fraction of sp³-hybridized carbons (Fsp3) is 0.233. The third-order valence-electron chi connectivity index (χ3n) is 7.12. The molecule has 1 saturated heterocycles. The van der Waals surface area contributed by atoms with E-state index in [1.165, 1.54) is 25.1 Å². The quantitative estimate of drug-likeness (QED) is 0.167. The lowest BCUT2D eigenvalue weighted by Crippen LogP contribution is -2.52. The van der Waals surface area contributed by atoms with Gasteiger partial charge >= 0.3 is 12.0 Å². The summed E-state index contributed by atoms with van der Waals surface area (Å²) in [6, 6.07) is 20.5. The summed E-state index contributed by atoms with van der Waals surface area (Å²) >= 11 is 0. The second kappa shape index (κ2) is 11.9. The summed E-state index contributed by atoms with van der Waals surface area (Å²) in [6.45, 7) is 2.85. The number of amides is 4. The standard InChI is InChI=1S/C30H31N5O6/c1-20(36)34(26(17-27(37)38)23-10-7-11-25(16-23)41-3)35-28(39)30(2,24-14-12-21(13-15-24)18-32-31)33(29(35)40)19-22-8-5-4-6-9-22/h4-16,18,26H,17,19,31H2,1-3H3,(H,37,38)/t26-,30-/m1/s1. The van der Waals surface area contributed by atoms with E-state index in [0.717, 1.165) is 15.6 Å². The Kier molecular flexibility index (Phi) is 8.37. The van der Waals surface area contributed by atoms with Crippen molar-refractivity contribution >= 4 is 30.0 Å². The molecule has 1 aliphatic heterocycles. The highest BCUT2D eigenvalue weighted by Gasteiger charge is 2.58. The van der Waals surface area contributed by atoms with Crippen molar-refractivity contribution in [3.63, 3.8) is 0 Å². The van der Waals surface area contributed by atoms with E-state index >= 15 is 0 Å². The Hall–Kier alpha value is -5.19. The molecule has 2 atom stereocenters. The van der Waals surface area contributed by atoms with Crippen LogP contribution in [0.3, 0.4) is 0 Å². The number of aliphatic carboxylic acids is 1. The highest BCUT2D eigenvalue weighted by atomic mass is 16.5. The van der Waals surface area contributed by atoms with Gasteiger partial charge < -0.3 is 15.7 Å². The number of nitrogens with two attached hydrogens (primary N) is 1. The van der Waals surface area contributed by atoms with E-state index in [9.17, 15) is 24.3 Å².